The third kappa shape index (κ3) is 4.59. The summed E-state index contributed by atoms with van der Waals surface area (Å²) >= 11 is 0. The van der Waals surface area contributed by atoms with E-state index in [9.17, 15) is 8.42 Å². The fraction of sp³-hybridized carbons (Fsp3) is 1.00. The number of sulfonamides is 1. The van der Waals surface area contributed by atoms with Gasteiger partial charge in [-0.25, -0.2) is 8.42 Å². The highest BCUT2D eigenvalue weighted by Crippen LogP contribution is 2.12. The van der Waals surface area contributed by atoms with E-state index in [0.717, 1.165) is 0 Å². The van der Waals surface area contributed by atoms with Gasteiger partial charge in [0.05, 0.1) is 11.4 Å². The van der Waals surface area contributed by atoms with Gasteiger partial charge in [0.15, 0.2) is 0 Å². The summed E-state index contributed by atoms with van der Waals surface area (Å²) in [6.45, 7) is 9.14. The summed E-state index contributed by atoms with van der Waals surface area (Å²) in [4.78, 5) is 6.95. The molecular weight excluding hydrogens is 190 g/mol. The molecule has 0 heterocycles. The van der Waals surface area contributed by atoms with Gasteiger partial charge in [-0.1, -0.05) is 18.7 Å². The Bertz CT molecular complexity index is 239. The molecule has 0 aromatic carbocycles. The van der Waals surface area contributed by atoms with Crippen LogP contribution < -0.4 is 4.89 Å². The van der Waals surface area contributed by atoms with Gasteiger partial charge < -0.3 is 0 Å². The zero-order valence-electron chi connectivity index (χ0n) is 8.92. The lowest BCUT2D eigenvalue weighted by molar-refractivity contribution is 0.0705. The number of nitrogens with one attached hydrogen (secondary N) is 1. The molecule has 0 atom stereocenters. The molecule has 4 nitrogen and oxygen atoms in total. The molecule has 0 amide bonds. The highest BCUT2D eigenvalue weighted by atomic mass is 32.2. The van der Waals surface area contributed by atoms with Crippen molar-refractivity contribution >= 4 is 10.0 Å². The third-order valence-corrected chi connectivity index (χ3v) is 3.34. The molecule has 13 heavy (non-hydrogen) atoms. The van der Waals surface area contributed by atoms with Crippen LogP contribution in [-0.2, 0) is 14.9 Å². The molecule has 0 radical (unpaired) electrons. The van der Waals surface area contributed by atoms with Crippen LogP contribution in [0.3, 0.4) is 0 Å². The molecule has 0 spiro atoms. The molecule has 0 aromatic heterocycles. The van der Waals surface area contributed by atoms with Crippen molar-refractivity contribution in [1.29, 1.82) is 0 Å². The highest BCUT2D eigenvalue weighted by molar-refractivity contribution is 7.90. The van der Waals surface area contributed by atoms with Crippen molar-refractivity contribution in [2.75, 3.05) is 6.61 Å². The van der Waals surface area contributed by atoms with Crippen LogP contribution in [0.4, 0.5) is 0 Å². The van der Waals surface area contributed by atoms with E-state index in [1.54, 1.807) is 20.8 Å². The topological polar surface area (TPSA) is 55.4 Å². The Kier molecular flexibility index (Phi) is 4.35. The van der Waals surface area contributed by atoms with Crippen LogP contribution in [-0.4, -0.2) is 19.8 Å². The fourth-order valence-electron chi connectivity index (χ4n) is 0.403. The van der Waals surface area contributed by atoms with Gasteiger partial charge in [0.25, 0.3) is 0 Å². The van der Waals surface area contributed by atoms with Gasteiger partial charge in [0.1, 0.15) is 0 Å². The lowest BCUT2D eigenvalue weighted by Gasteiger charge is -2.19. The minimum absolute atomic E-state index is 0.308. The van der Waals surface area contributed by atoms with Crippen molar-refractivity contribution in [3.63, 3.8) is 0 Å². The van der Waals surface area contributed by atoms with Crippen molar-refractivity contribution in [3.05, 3.63) is 0 Å². The number of hydrogen-bond donors (Lipinski definition) is 1. The van der Waals surface area contributed by atoms with Crippen LogP contribution >= 0.6 is 0 Å². The summed E-state index contributed by atoms with van der Waals surface area (Å²) in [5.41, 5.74) is 0. The Labute approximate surface area is 80.7 Å². The number of rotatable bonds is 4. The molecule has 0 rings (SSSR count). The molecule has 0 unspecified atom stereocenters. The summed E-state index contributed by atoms with van der Waals surface area (Å²) < 4.78 is 22.0. The lowest BCUT2D eigenvalue weighted by Crippen LogP contribution is -2.39. The minimum atomic E-state index is -3.37. The van der Waals surface area contributed by atoms with Crippen molar-refractivity contribution in [2.24, 2.45) is 5.92 Å². The maximum absolute atomic E-state index is 11.4. The Morgan fingerprint density at radius 3 is 2.08 bits per heavy atom. The summed E-state index contributed by atoms with van der Waals surface area (Å²) in [6.07, 6.45) is 0. The number of hydrogen-bond acceptors (Lipinski definition) is 3. The van der Waals surface area contributed by atoms with Crippen LogP contribution in [0.25, 0.3) is 0 Å². The Morgan fingerprint density at radius 2 is 1.77 bits per heavy atom. The summed E-state index contributed by atoms with van der Waals surface area (Å²) in [7, 11) is -3.37. The summed E-state index contributed by atoms with van der Waals surface area (Å²) in [6, 6.07) is 0. The van der Waals surface area contributed by atoms with Crippen LogP contribution in [0.2, 0.25) is 0 Å². The van der Waals surface area contributed by atoms with Crippen LogP contribution in [0, 0.1) is 5.92 Å². The van der Waals surface area contributed by atoms with Crippen molar-refractivity contribution in [1.82, 2.24) is 4.89 Å². The SMILES string of the molecule is CC(C)CONS(=O)(=O)C(C)(C)C. The average molecular weight is 209 g/mol. The summed E-state index contributed by atoms with van der Waals surface area (Å²) in [5, 5.41) is 0. The first-order valence-corrected chi connectivity index (χ1v) is 5.78. The molecule has 5 heteroatoms. The second kappa shape index (κ2) is 4.39. The van der Waals surface area contributed by atoms with Gasteiger partial charge in [-0.05, 0) is 26.7 Å². The molecule has 1 N–H and O–H groups in total. The Morgan fingerprint density at radius 1 is 1.31 bits per heavy atom. The second-order valence-corrected chi connectivity index (χ2v) is 6.80. The maximum atomic E-state index is 11.4. The quantitative estimate of drug-likeness (QED) is 0.710. The normalized spacial score (nSPS) is 13.7. The van der Waals surface area contributed by atoms with E-state index < -0.39 is 14.8 Å². The van der Waals surface area contributed by atoms with Crippen molar-refractivity contribution in [3.8, 4) is 0 Å². The van der Waals surface area contributed by atoms with E-state index in [1.807, 2.05) is 13.8 Å². The lowest BCUT2D eigenvalue weighted by atomic mass is 10.2. The van der Waals surface area contributed by atoms with E-state index in [4.69, 9.17) is 4.84 Å². The standard InChI is InChI=1S/C8H19NO3S/c1-7(2)6-12-9-13(10,11)8(3,4)5/h7,9H,6H2,1-5H3. The predicted molar refractivity (Wildman–Crippen MR) is 52.6 cm³/mol. The zero-order chi connectivity index (χ0) is 10.7. The van der Waals surface area contributed by atoms with Crippen LogP contribution in [0.5, 0.6) is 0 Å². The van der Waals surface area contributed by atoms with E-state index in [-0.39, 0.29) is 0 Å². The molecule has 0 fully saturated rings. The zero-order valence-corrected chi connectivity index (χ0v) is 9.73. The first-order chi connectivity index (χ1) is 5.67. The first kappa shape index (κ1) is 12.9. The molecule has 80 valence electrons. The van der Waals surface area contributed by atoms with Gasteiger partial charge >= 0.3 is 0 Å². The smallest absolute Gasteiger partial charge is 0.238 e. The molecule has 0 aliphatic heterocycles. The molecule has 0 aromatic rings. The molecule has 0 saturated heterocycles. The Hall–Kier alpha value is -0.130. The Balaban J connectivity index is 4.07. The molecule has 0 bridgehead atoms. The van der Waals surface area contributed by atoms with E-state index >= 15 is 0 Å². The monoisotopic (exact) mass is 209 g/mol. The fourth-order valence-corrected chi connectivity index (χ4v) is 0.876. The molecule has 0 aliphatic rings. The average Bonchev–Trinajstić information content (AvgIpc) is 1.82. The minimum Gasteiger partial charge on any atom is -0.287 e. The van der Waals surface area contributed by atoms with Gasteiger partial charge in [-0.3, -0.25) is 4.84 Å². The predicted octanol–water partition coefficient (Wildman–Crippen LogP) is 1.29. The van der Waals surface area contributed by atoms with E-state index in [0.29, 0.717) is 12.5 Å². The van der Waals surface area contributed by atoms with Crippen molar-refractivity contribution in [2.45, 2.75) is 39.4 Å². The van der Waals surface area contributed by atoms with E-state index in [2.05, 4.69) is 4.89 Å². The second-order valence-electron chi connectivity index (χ2n) is 4.40. The van der Waals surface area contributed by atoms with Gasteiger partial charge in [0, 0.05) is 0 Å². The highest BCUT2D eigenvalue weighted by Gasteiger charge is 2.28. The van der Waals surface area contributed by atoms with Gasteiger partial charge in [-0.2, -0.15) is 0 Å². The van der Waals surface area contributed by atoms with Crippen LogP contribution in [0.15, 0.2) is 0 Å². The summed E-state index contributed by atoms with van der Waals surface area (Å²) in [5.74, 6) is 0.308. The van der Waals surface area contributed by atoms with Crippen molar-refractivity contribution < 1.29 is 13.3 Å². The van der Waals surface area contributed by atoms with Crippen LogP contribution in [0.1, 0.15) is 34.6 Å². The van der Waals surface area contributed by atoms with E-state index in [1.165, 1.54) is 0 Å². The third-order valence-electron chi connectivity index (χ3n) is 1.39. The maximum Gasteiger partial charge on any atom is 0.238 e. The molecule has 0 saturated carbocycles. The first-order valence-electron chi connectivity index (χ1n) is 4.30. The van der Waals surface area contributed by atoms with Gasteiger partial charge in [-0.15, -0.1) is 0 Å². The van der Waals surface area contributed by atoms with Gasteiger partial charge in [0.2, 0.25) is 10.0 Å². The largest absolute Gasteiger partial charge is 0.287 e. The molecular formula is C8H19NO3S. The molecule has 0 aliphatic carbocycles.